The molecule has 0 aliphatic rings. The van der Waals surface area contributed by atoms with Gasteiger partial charge in [0.25, 0.3) is 0 Å². The number of carbonyl (C=O) groups excluding carboxylic acids is 6. The van der Waals surface area contributed by atoms with Crippen molar-refractivity contribution < 1.29 is 80.5 Å². The maximum Gasteiger partial charge on any atom is 6.00 e. The number of aliphatic carboxylic acids is 3. The Balaban J connectivity index is 0.000000706. The van der Waals surface area contributed by atoms with Crippen LogP contribution in [0.15, 0.2) is 129 Å². The van der Waals surface area contributed by atoms with Gasteiger partial charge in [0.05, 0.1) is 71.9 Å². The molecule has 0 unspecified atom stereocenters. The molecule has 0 atom stereocenters. The summed E-state index contributed by atoms with van der Waals surface area (Å²) in [6, 6.07) is 18.6. The van der Waals surface area contributed by atoms with E-state index in [2.05, 4.69) is 29.9 Å². The van der Waals surface area contributed by atoms with Gasteiger partial charge in [-0.1, -0.05) is 54.6 Å². The van der Waals surface area contributed by atoms with Crippen LogP contribution in [0.1, 0.15) is 48.2 Å². The summed E-state index contributed by atoms with van der Waals surface area (Å²) in [5.74, 6) is -7.37. The van der Waals surface area contributed by atoms with E-state index in [0.717, 1.165) is 18.2 Å². The first-order chi connectivity index (χ1) is 28.5. The average molecular weight is 916 g/mol. The van der Waals surface area contributed by atoms with Gasteiger partial charge in [-0.15, -0.1) is 0 Å². The quantitative estimate of drug-likeness (QED) is 0.0464. The van der Waals surface area contributed by atoms with E-state index in [0.29, 0.717) is 17.1 Å². The number of aromatic nitrogens is 6. The van der Waals surface area contributed by atoms with Crippen molar-refractivity contribution in [1.29, 1.82) is 0 Å². The maximum atomic E-state index is 10.2. The van der Waals surface area contributed by atoms with Crippen molar-refractivity contribution in [2.45, 2.75) is 0 Å². The van der Waals surface area contributed by atoms with Gasteiger partial charge in [-0.25, -0.2) is 15.0 Å². The van der Waals surface area contributed by atoms with Gasteiger partial charge in [-0.05, 0) is 54.7 Å². The third kappa shape index (κ3) is 23.9. The Labute approximate surface area is 359 Å². The van der Waals surface area contributed by atoms with Crippen molar-refractivity contribution in [3.05, 3.63) is 162 Å². The summed E-state index contributed by atoms with van der Waals surface area (Å²) in [5.41, 5.74) is 18.5. The number of rotatable bonds is 9. The first-order valence-corrected chi connectivity index (χ1v) is 16.3. The van der Waals surface area contributed by atoms with Crippen LogP contribution < -0.4 is 47.8 Å². The maximum absolute atomic E-state index is 10.2. The van der Waals surface area contributed by atoms with Gasteiger partial charge in [-0.3, -0.25) is 0 Å². The van der Waals surface area contributed by atoms with Crippen LogP contribution in [-0.2, 0) is 35.4 Å². The fourth-order valence-corrected chi connectivity index (χ4v) is 3.60. The smallest absolute Gasteiger partial charge is 0.545 e. The number of aromatic amines is 3. The molecule has 9 N–H and O–H groups in total. The van der Waals surface area contributed by atoms with Gasteiger partial charge in [-0.2, -0.15) is 0 Å². The number of nitrogens with one attached hydrogen (secondary N) is 3. The molecule has 0 amide bonds. The van der Waals surface area contributed by atoms with E-state index in [9.17, 15) is 59.4 Å². The molecule has 0 fully saturated rings. The summed E-state index contributed by atoms with van der Waals surface area (Å²) < 4.78 is 0. The number of benzene rings is 3. The van der Waals surface area contributed by atoms with E-state index >= 15 is 0 Å². The number of nitrogen functional groups attached to an aromatic ring is 3. The molecule has 0 bridgehead atoms. The SMILES string of the molecule is Nc1ccccc1C(=O)[O-].Nc1ccccc1C(=O)[O-].Nc1ccccc1C(=O)[O-].O=C([O-])C=Cc1c[nH]cn1.O=C([O-])C=Cc1c[nH]cn1.O=C([O-])C=Cc1c[nH]cn1.[Mo+6]. The van der Waals surface area contributed by atoms with Gasteiger partial charge in [0, 0.05) is 52.3 Å². The molecule has 3 heterocycles. The minimum absolute atomic E-state index is 0. The number of hydrogen-bond donors (Lipinski definition) is 6. The molecule has 22 heteroatoms. The number of nitrogens with zero attached hydrogens (tertiary/aromatic N) is 3. The monoisotopic (exact) mass is 917 g/mol. The normalized spacial score (nSPS) is 9.64. The van der Waals surface area contributed by atoms with Gasteiger partial charge in [0.2, 0.25) is 0 Å². The second-order valence-electron chi connectivity index (χ2n) is 10.6. The van der Waals surface area contributed by atoms with E-state index in [1.807, 2.05) is 0 Å². The third-order valence-electron chi connectivity index (χ3n) is 6.27. The summed E-state index contributed by atoms with van der Waals surface area (Å²) in [7, 11) is 0. The van der Waals surface area contributed by atoms with Crippen LogP contribution in [0.4, 0.5) is 17.1 Å². The van der Waals surface area contributed by atoms with Crippen LogP contribution >= 0.6 is 0 Å². The van der Waals surface area contributed by atoms with Crippen molar-refractivity contribution >= 4 is 71.1 Å². The van der Waals surface area contributed by atoms with Crippen molar-refractivity contribution in [2.75, 3.05) is 17.2 Å². The average Bonchev–Trinajstić information content (AvgIpc) is 4.03. The molecule has 312 valence electrons. The Bertz CT molecular complexity index is 2090. The zero-order valence-electron chi connectivity index (χ0n) is 31.2. The minimum Gasteiger partial charge on any atom is -0.545 e. The predicted octanol–water partition coefficient (Wildman–Crippen LogP) is -3.59. The number of carbonyl (C=O) groups is 6. The van der Waals surface area contributed by atoms with Crippen LogP contribution in [-0.4, -0.2) is 65.7 Å². The summed E-state index contributed by atoms with van der Waals surface area (Å²) in [6.07, 6.45) is 16.0. The van der Waals surface area contributed by atoms with Crippen LogP contribution in [0.3, 0.4) is 0 Å². The van der Waals surface area contributed by atoms with E-state index in [1.165, 1.54) is 73.6 Å². The molecule has 3 aromatic heterocycles. The zero-order valence-corrected chi connectivity index (χ0v) is 33.2. The fourth-order valence-electron chi connectivity index (χ4n) is 3.60. The van der Waals surface area contributed by atoms with Gasteiger partial charge in [0.1, 0.15) is 0 Å². The van der Waals surface area contributed by atoms with Crippen molar-refractivity contribution in [3.8, 4) is 0 Å². The molecule has 0 radical (unpaired) electrons. The number of nitrogens with two attached hydrogens (primary N) is 3. The number of hydrogen-bond acceptors (Lipinski definition) is 18. The largest absolute Gasteiger partial charge is 6.00 e. The number of H-pyrrole nitrogens is 3. The van der Waals surface area contributed by atoms with Gasteiger partial charge in [0.15, 0.2) is 0 Å². The zero-order chi connectivity index (χ0) is 44.9. The number of aromatic carboxylic acids is 3. The molecule has 6 rings (SSSR count). The number of carboxylic acid groups (broad SMARTS) is 6. The molecule has 0 spiro atoms. The van der Waals surface area contributed by atoms with E-state index in [1.54, 1.807) is 55.0 Å². The number of anilines is 3. The third-order valence-corrected chi connectivity index (χ3v) is 6.27. The van der Waals surface area contributed by atoms with E-state index < -0.39 is 35.8 Å². The summed E-state index contributed by atoms with van der Waals surface area (Å²) >= 11 is 0. The number of imidazole rings is 3. The molecule has 61 heavy (non-hydrogen) atoms. The molecule has 21 nitrogen and oxygen atoms in total. The van der Waals surface area contributed by atoms with Gasteiger partial charge < -0.3 is 91.6 Å². The first-order valence-electron chi connectivity index (χ1n) is 16.3. The second kappa shape index (κ2) is 29.6. The van der Waals surface area contributed by atoms with Gasteiger partial charge >= 0.3 is 21.1 Å². The number of para-hydroxylation sites is 3. The Kier molecular flexibility index (Phi) is 25.5. The molecule has 6 aromatic rings. The Morgan fingerprint density at radius 3 is 0.803 bits per heavy atom. The fraction of sp³-hybridized carbons (Fsp3) is 0. The summed E-state index contributed by atoms with van der Waals surface area (Å²) in [4.78, 5) is 79.6. The molecule has 0 saturated carbocycles. The standard InChI is InChI=1S/3C7H7NO2.3C6H6N2O2.Mo/c3*8-6-4-2-1-3-5(6)7(9)10;3*9-6(10)2-1-5-3-7-4-8-5;/h3*1-4H,8H2,(H,9,10);3*1-4H,(H,7,8)(H,9,10);/q;;;;;;+6/p-6. The molecule has 0 aliphatic carbocycles. The predicted molar refractivity (Wildman–Crippen MR) is 203 cm³/mol. The van der Waals surface area contributed by atoms with Crippen LogP contribution in [0, 0.1) is 0 Å². The van der Waals surface area contributed by atoms with Crippen molar-refractivity contribution in [3.63, 3.8) is 0 Å². The van der Waals surface area contributed by atoms with E-state index in [-0.39, 0.29) is 54.8 Å². The van der Waals surface area contributed by atoms with Crippen LogP contribution in [0.5, 0.6) is 0 Å². The summed E-state index contributed by atoms with van der Waals surface area (Å²) in [6.45, 7) is 0. The minimum atomic E-state index is -1.24. The summed E-state index contributed by atoms with van der Waals surface area (Å²) in [5, 5.41) is 60.3. The molecular weight excluding hydrogens is 882 g/mol. The van der Waals surface area contributed by atoms with Crippen molar-refractivity contribution in [2.24, 2.45) is 0 Å². The van der Waals surface area contributed by atoms with Crippen molar-refractivity contribution in [1.82, 2.24) is 29.9 Å². The molecule has 0 saturated heterocycles. The Morgan fingerprint density at radius 2 is 0.656 bits per heavy atom. The van der Waals surface area contributed by atoms with Crippen LogP contribution in [0.25, 0.3) is 18.2 Å². The molecular formula is C39H33MoN9O12. The molecule has 3 aromatic carbocycles. The van der Waals surface area contributed by atoms with E-state index in [4.69, 9.17) is 17.2 Å². The topological polar surface area (TPSA) is 405 Å². The van der Waals surface area contributed by atoms with Crippen LogP contribution in [0.2, 0.25) is 0 Å². The second-order valence-corrected chi connectivity index (χ2v) is 10.6. The molecule has 0 aliphatic heterocycles. The number of carboxylic acids is 6. The first kappa shape index (κ1) is 52.4. The Hall–Kier alpha value is -8.58. The Morgan fingerprint density at radius 1 is 0.426 bits per heavy atom.